The largest absolute Gasteiger partial charge is 0.354 e. The maximum Gasteiger partial charge on any atom is 0.244 e. The van der Waals surface area contributed by atoms with Crippen LogP contribution in [0.25, 0.3) is 0 Å². The predicted molar refractivity (Wildman–Crippen MR) is 65.8 cm³/mol. The van der Waals surface area contributed by atoms with Crippen LogP contribution in [0.3, 0.4) is 0 Å². The van der Waals surface area contributed by atoms with E-state index < -0.39 is 0 Å². The SMILES string of the molecule is C[C@H](C(=O)NCCc1cccs1)n1cncn1. The number of hydrogen-bond donors (Lipinski definition) is 1. The third kappa shape index (κ3) is 3.13. The molecule has 1 atom stereocenters. The predicted octanol–water partition coefficient (Wildman–Crippen LogP) is 1.26. The Balaban J connectivity index is 1.77. The lowest BCUT2D eigenvalue weighted by Crippen LogP contribution is -2.32. The van der Waals surface area contributed by atoms with Gasteiger partial charge in [0.15, 0.2) is 0 Å². The number of thiophene rings is 1. The zero-order valence-electron chi connectivity index (χ0n) is 9.54. The second-order valence-electron chi connectivity index (χ2n) is 3.67. The second-order valence-corrected chi connectivity index (χ2v) is 4.70. The van der Waals surface area contributed by atoms with Crippen molar-refractivity contribution in [2.45, 2.75) is 19.4 Å². The monoisotopic (exact) mass is 250 g/mol. The summed E-state index contributed by atoms with van der Waals surface area (Å²) < 4.78 is 1.54. The topological polar surface area (TPSA) is 59.8 Å². The molecule has 90 valence electrons. The Kier molecular flexibility index (Phi) is 3.87. The molecule has 0 bridgehead atoms. The minimum atomic E-state index is -0.319. The molecule has 0 spiro atoms. The van der Waals surface area contributed by atoms with Crippen LogP contribution in [0, 0.1) is 0 Å². The first-order valence-electron chi connectivity index (χ1n) is 5.41. The van der Waals surface area contributed by atoms with E-state index >= 15 is 0 Å². The fraction of sp³-hybridized carbons (Fsp3) is 0.364. The van der Waals surface area contributed by atoms with Gasteiger partial charge in [-0.05, 0) is 24.8 Å². The Labute approximate surface area is 103 Å². The number of hydrogen-bond acceptors (Lipinski definition) is 4. The standard InChI is InChI=1S/C11H14N4OS/c1-9(15-8-12-7-14-15)11(16)13-5-4-10-3-2-6-17-10/h2-3,6-9H,4-5H2,1H3,(H,13,16)/t9-/m1/s1. The summed E-state index contributed by atoms with van der Waals surface area (Å²) in [7, 11) is 0. The Morgan fingerprint density at radius 2 is 2.53 bits per heavy atom. The van der Waals surface area contributed by atoms with Gasteiger partial charge in [0.25, 0.3) is 0 Å². The van der Waals surface area contributed by atoms with Gasteiger partial charge in [-0.2, -0.15) is 5.10 Å². The van der Waals surface area contributed by atoms with E-state index in [9.17, 15) is 4.79 Å². The first kappa shape index (κ1) is 11.8. The highest BCUT2D eigenvalue weighted by Crippen LogP contribution is 2.08. The van der Waals surface area contributed by atoms with E-state index in [1.165, 1.54) is 11.2 Å². The molecule has 2 aromatic rings. The number of nitrogens with zero attached hydrogens (tertiary/aromatic N) is 3. The van der Waals surface area contributed by atoms with Crippen molar-refractivity contribution in [3.8, 4) is 0 Å². The molecular weight excluding hydrogens is 236 g/mol. The Hall–Kier alpha value is -1.69. The lowest BCUT2D eigenvalue weighted by Gasteiger charge is -2.11. The average Bonchev–Trinajstić information content (AvgIpc) is 3.00. The van der Waals surface area contributed by atoms with Crippen LogP contribution in [0.4, 0.5) is 0 Å². The van der Waals surface area contributed by atoms with Crippen LogP contribution in [0.15, 0.2) is 30.2 Å². The van der Waals surface area contributed by atoms with Gasteiger partial charge in [0, 0.05) is 11.4 Å². The van der Waals surface area contributed by atoms with Crippen LogP contribution in [0.2, 0.25) is 0 Å². The van der Waals surface area contributed by atoms with Crippen molar-refractivity contribution in [1.29, 1.82) is 0 Å². The fourth-order valence-electron chi connectivity index (χ4n) is 1.45. The molecule has 0 aromatic carbocycles. The Morgan fingerprint density at radius 3 is 3.18 bits per heavy atom. The first-order chi connectivity index (χ1) is 8.27. The molecule has 0 aliphatic rings. The first-order valence-corrected chi connectivity index (χ1v) is 6.29. The van der Waals surface area contributed by atoms with Crippen molar-refractivity contribution < 1.29 is 4.79 Å². The molecule has 6 heteroatoms. The summed E-state index contributed by atoms with van der Waals surface area (Å²) >= 11 is 1.70. The van der Waals surface area contributed by atoms with Crippen LogP contribution in [0.5, 0.6) is 0 Å². The molecule has 1 N–H and O–H groups in total. The van der Waals surface area contributed by atoms with Gasteiger partial charge in [-0.25, -0.2) is 9.67 Å². The van der Waals surface area contributed by atoms with E-state index in [2.05, 4.69) is 21.5 Å². The van der Waals surface area contributed by atoms with Crippen LogP contribution in [-0.4, -0.2) is 27.2 Å². The minimum Gasteiger partial charge on any atom is -0.354 e. The van der Waals surface area contributed by atoms with Gasteiger partial charge in [-0.3, -0.25) is 4.79 Å². The molecule has 0 unspecified atom stereocenters. The molecule has 5 nitrogen and oxygen atoms in total. The normalized spacial score (nSPS) is 12.3. The number of aromatic nitrogens is 3. The van der Waals surface area contributed by atoms with Gasteiger partial charge in [0.1, 0.15) is 18.7 Å². The summed E-state index contributed by atoms with van der Waals surface area (Å²) in [5.74, 6) is -0.0351. The smallest absolute Gasteiger partial charge is 0.244 e. The maximum atomic E-state index is 11.8. The zero-order chi connectivity index (χ0) is 12.1. The number of carbonyl (C=O) groups is 1. The Morgan fingerprint density at radius 1 is 1.65 bits per heavy atom. The van der Waals surface area contributed by atoms with Crippen LogP contribution < -0.4 is 5.32 Å². The highest BCUT2D eigenvalue weighted by Gasteiger charge is 2.14. The summed E-state index contributed by atoms with van der Waals surface area (Å²) in [6.07, 6.45) is 3.84. The van der Waals surface area contributed by atoms with E-state index in [1.54, 1.807) is 29.3 Å². The molecule has 2 aromatic heterocycles. The number of amides is 1. The number of carbonyl (C=O) groups excluding carboxylic acids is 1. The highest BCUT2D eigenvalue weighted by molar-refractivity contribution is 7.09. The van der Waals surface area contributed by atoms with Gasteiger partial charge < -0.3 is 5.32 Å². The lowest BCUT2D eigenvalue weighted by molar-refractivity contribution is -0.124. The van der Waals surface area contributed by atoms with Crippen molar-refractivity contribution in [1.82, 2.24) is 20.1 Å². The van der Waals surface area contributed by atoms with Gasteiger partial charge >= 0.3 is 0 Å². The van der Waals surface area contributed by atoms with Crippen molar-refractivity contribution in [2.75, 3.05) is 6.54 Å². The van der Waals surface area contributed by atoms with Crippen LogP contribution in [0.1, 0.15) is 17.8 Å². The molecule has 0 saturated heterocycles. The van der Waals surface area contributed by atoms with Crippen molar-refractivity contribution in [3.05, 3.63) is 35.0 Å². The second kappa shape index (κ2) is 5.58. The summed E-state index contributed by atoms with van der Waals surface area (Å²) in [6.45, 7) is 2.45. The maximum absolute atomic E-state index is 11.8. The fourth-order valence-corrected chi connectivity index (χ4v) is 2.16. The summed E-state index contributed by atoms with van der Waals surface area (Å²) in [6, 6.07) is 3.76. The minimum absolute atomic E-state index is 0.0351. The van der Waals surface area contributed by atoms with Gasteiger partial charge in [0.05, 0.1) is 0 Å². The molecule has 0 aliphatic heterocycles. The van der Waals surface area contributed by atoms with E-state index in [-0.39, 0.29) is 11.9 Å². The van der Waals surface area contributed by atoms with E-state index in [4.69, 9.17) is 0 Å². The van der Waals surface area contributed by atoms with Crippen LogP contribution >= 0.6 is 11.3 Å². The molecule has 0 aliphatic carbocycles. The lowest BCUT2D eigenvalue weighted by atomic mass is 10.3. The number of rotatable bonds is 5. The third-order valence-electron chi connectivity index (χ3n) is 2.46. The molecule has 0 fully saturated rings. The molecule has 17 heavy (non-hydrogen) atoms. The van der Waals surface area contributed by atoms with Gasteiger partial charge in [-0.1, -0.05) is 6.07 Å². The summed E-state index contributed by atoms with van der Waals surface area (Å²) in [4.78, 5) is 16.9. The highest BCUT2D eigenvalue weighted by atomic mass is 32.1. The molecule has 0 radical (unpaired) electrons. The summed E-state index contributed by atoms with van der Waals surface area (Å²) in [5, 5.41) is 8.87. The number of nitrogens with one attached hydrogen (secondary N) is 1. The average molecular weight is 250 g/mol. The molecule has 2 heterocycles. The van der Waals surface area contributed by atoms with E-state index in [1.807, 2.05) is 11.4 Å². The van der Waals surface area contributed by atoms with Gasteiger partial charge in [-0.15, -0.1) is 11.3 Å². The Bertz CT molecular complexity index is 452. The molecular formula is C11H14N4OS. The van der Waals surface area contributed by atoms with E-state index in [0.29, 0.717) is 6.54 Å². The van der Waals surface area contributed by atoms with Crippen molar-refractivity contribution >= 4 is 17.2 Å². The van der Waals surface area contributed by atoms with Crippen molar-refractivity contribution in [2.24, 2.45) is 0 Å². The van der Waals surface area contributed by atoms with E-state index in [0.717, 1.165) is 6.42 Å². The molecule has 2 rings (SSSR count). The van der Waals surface area contributed by atoms with Crippen LogP contribution in [-0.2, 0) is 11.2 Å². The quantitative estimate of drug-likeness (QED) is 0.869. The third-order valence-corrected chi connectivity index (χ3v) is 3.40. The van der Waals surface area contributed by atoms with Crippen molar-refractivity contribution in [3.63, 3.8) is 0 Å². The molecule has 1 amide bonds. The zero-order valence-corrected chi connectivity index (χ0v) is 10.4. The van der Waals surface area contributed by atoms with Gasteiger partial charge in [0.2, 0.25) is 5.91 Å². The summed E-state index contributed by atoms with van der Waals surface area (Å²) in [5.41, 5.74) is 0. The molecule has 0 saturated carbocycles.